The minimum atomic E-state index is -0.0909. The van der Waals surface area contributed by atoms with Crippen molar-refractivity contribution in [1.29, 1.82) is 0 Å². The maximum absolute atomic E-state index is 5.95. The highest BCUT2D eigenvalue weighted by molar-refractivity contribution is 5.92. The number of aryl methyl sites for hydroxylation is 1. The number of rotatable bonds is 7. The minimum Gasteiger partial charge on any atom is -0.493 e. The number of para-hydroxylation sites is 1. The van der Waals surface area contributed by atoms with Crippen LogP contribution in [-0.4, -0.2) is 32.8 Å². The number of nitrogens with zero attached hydrogens (tertiary/aromatic N) is 1. The molecule has 0 aliphatic heterocycles. The van der Waals surface area contributed by atoms with Gasteiger partial charge in [-0.2, -0.15) is 0 Å². The lowest BCUT2D eigenvalue weighted by atomic mass is 10.2. The summed E-state index contributed by atoms with van der Waals surface area (Å²) in [5.41, 5.74) is 7.81. The van der Waals surface area contributed by atoms with Crippen LogP contribution in [0.5, 0.6) is 17.2 Å². The number of hydrogen-bond donors (Lipinski definition) is 2. The molecule has 0 saturated carbocycles. The maximum Gasteiger partial charge on any atom is 0.193 e. The third kappa shape index (κ3) is 5.31. The number of ether oxygens (including phenoxy) is 3. The van der Waals surface area contributed by atoms with E-state index in [2.05, 4.69) is 10.3 Å². The van der Waals surface area contributed by atoms with E-state index in [4.69, 9.17) is 19.9 Å². The van der Waals surface area contributed by atoms with Gasteiger partial charge >= 0.3 is 0 Å². The van der Waals surface area contributed by atoms with Crippen LogP contribution in [0.4, 0.5) is 5.69 Å². The molecule has 0 saturated heterocycles. The molecule has 2 rings (SSSR count). The third-order valence-electron chi connectivity index (χ3n) is 3.60. The van der Waals surface area contributed by atoms with Crippen LogP contribution in [0.15, 0.2) is 47.5 Å². The first kappa shape index (κ1) is 18.4. The van der Waals surface area contributed by atoms with Crippen molar-refractivity contribution in [2.75, 3.05) is 26.1 Å². The maximum atomic E-state index is 5.95. The first-order valence-electron chi connectivity index (χ1n) is 8.04. The molecule has 2 aromatic rings. The number of aliphatic imine (C=N–C) groups is 1. The Morgan fingerprint density at radius 2 is 1.80 bits per heavy atom. The monoisotopic (exact) mass is 343 g/mol. The fraction of sp³-hybridized carbons (Fsp3) is 0.316. The molecule has 1 unspecified atom stereocenters. The second-order valence-electron chi connectivity index (χ2n) is 5.61. The smallest absolute Gasteiger partial charge is 0.193 e. The molecule has 0 aliphatic carbocycles. The number of methoxy groups -OCH3 is 2. The summed E-state index contributed by atoms with van der Waals surface area (Å²) in [6.07, 6.45) is -0.0909. The number of benzene rings is 2. The second-order valence-corrected chi connectivity index (χ2v) is 5.61. The summed E-state index contributed by atoms with van der Waals surface area (Å²) in [6.45, 7) is 4.42. The molecule has 0 radical (unpaired) electrons. The van der Waals surface area contributed by atoms with Crippen molar-refractivity contribution in [1.82, 2.24) is 0 Å². The third-order valence-corrected chi connectivity index (χ3v) is 3.60. The van der Waals surface area contributed by atoms with Gasteiger partial charge in [-0.05, 0) is 37.6 Å². The largest absolute Gasteiger partial charge is 0.493 e. The van der Waals surface area contributed by atoms with Gasteiger partial charge in [-0.3, -0.25) is 0 Å². The summed E-state index contributed by atoms with van der Waals surface area (Å²) in [5.74, 6) is 2.45. The van der Waals surface area contributed by atoms with Gasteiger partial charge in [0.2, 0.25) is 0 Å². The van der Waals surface area contributed by atoms with E-state index < -0.39 is 0 Å². The van der Waals surface area contributed by atoms with Gasteiger partial charge < -0.3 is 25.3 Å². The van der Waals surface area contributed by atoms with Crippen molar-refractivity contribution < 1.29 is 14.2 Å². The highest BCUT2D eigenvalue weighted by Gasteiger charge is 2.07. The van der Waals surface area contributed by atoms with Gasteiger partial charge in [0.1, 0.15) is 11.9 Å². The first-order valence-corrected chi connectivity index (χ1v) is 8.04. The van der Waals surface area contributed by atoms with Crippen LogP contribution in [0.25, 0.3) is 0 Å². The molecule has 1 atom stereocenters. The lowest BCUT2D eigenvalue weighted by Gasteiger charge is -2.15. The Morgan fingerprint density at radius 3 is 2.48 bits per heavy atom. The first-order chi connectivity index (χ1) is 12.0. The van der Waals surface area contributed by atoms with E-state index in [1.54, 1.807) is 26.4 Å². The van der Waals surface area contributed by atoms with Crippen molar-refractivity contribution >= 4 is 11.6 Å². The van der Waals surface area contributed by atoms with E-state index in [1.165, 1.54) is 0 Å². The zero-order valence-corrected chi connectivity index (χ0v) is 15.1. The Hall–Kier alpha value is -2.89. The normalized spacial score (nSPS) is 12.4. The topological polar surface area (TPSA) is 78.1 Å². The van der Waals surface area contributed by atoms with Crippen LogP contribution in [0, 0.1) is 6.92 Å². The molecule has 6 heteroatoms. The van der Waals surface area contributed by atoms with Crippen LogP contribution in [0.3, 0.4) is 0 Å². The van der Waals surface area contributed by atoms with Crippen molar-refractivity contribution in [2.24, 2.45) is 10.7 Å². The number of nitrogens with one attached hydrogen (secondary N) is 1. The Labute approximate surface area is 148 Å². The number of guanidine groups is 1. The lowest BCUT2D eigenvalue weighted by molar-refractivity contribution is 0.229. The molecule has 0 aliphatic rings. The van der Waals surface area contributed by atoms with Crippen LogP contribution in [0.1, 0.15) is 12.5 Å². The molecule has 6 nitrogen and oxygen atoms in total. The van der Waals surface area contributed by atoms with E-state index in [0.29, 0.717) is 24.0 Å². The standard InChI is InChI=1S/C19H25N3O3/c1-13-7-5-6-8-16(13)25-14(2)12-21-19(20)22-15-9-10-17(23-3)18(11-15)24-4/h5-11,14H,12H2,1-4H3,(H3,20,21,22). The highest BCUT2D eigenvalue weighted by Crippen LogP contribution is 2.29. The van der Waals surface area contributed by atoms with E-state index in [-0.39, 0.29) is 6.10 Å². The SMILES string of the molecule is COc1ccc(NC(N)=NCC(C)Oc2ccccc2C)cc1OC. The predicted octanol–water partition coefficient (Wildman–Crippen LogP) is 3.21. The van der Waals surface area contributed by atoms with Gasteiger partial charge in [0.25, 0.3) is 0 Å². The van der Waals surface area contributed by atoms with Gasteiger partial charge in [0.05, 0.1) is 20.8 Å². The van der Waals surface area contributed by atoms with Crippen molar-refractivity contribution in [2.45, 2.75) is 20.0 Å². The molecule has 0 aromatic heterocycles. The fourth-order valence-corrected chi connectivity index (χ4v) is 2.27. The van der Waals surface area contributed by atoms with Crippen molar-refractivity contribution in [3.63, 3.8) is 0 Å². The molecule has 0 amide bonds. The Balaban J connectivity index is 1.94. The quantitative estimate of drug-likeness (QED) is 0.596. The van der Waals surface area contributed by atoms with E-state index >= 15 is 0 Å². The van der Waals surface area contributed by atoms with Crippen molar-refractivity contribution in [3.8, 4) is 17.2 Å². The van der Waals surface area contributed by atoms with Crippen LogP contribution >= 0.6 is 0 Å². The van der Waals surface area contributed by atoms with Crippen LogP contribution in [-0.2, 0) is 0 Å². The van der Waals surface area contributed by atoms with Crippen LogP contribution in [0.2, 0.25) is 0 Å². The molecule has 0 spiro atoms. The highest BCUT2D eigenvalue weighted by atomic mass is 16.5. The zero-order valence-electron chi connectivity index (χ0n) is 15.1. The molecular formula is C19H25N3O3. The molecule has 134 valence electrons. The fourth-order valence-electron chi connectivity index (χ4n) is 2.27. The van der Waals surface area contributed by atoms with Gasteiger partial charge in [-0.15, -0.1) is 0 Å². The molecular weight excluding hydrogens is 318 g/mol. The summed E-state index contributed by atoms with van der Waals surface area (Å²) in [4.78, 5) is 4.33. The number of hydrogen-bond acceptors (Lipinski definition) is 4. The Kier molecular flexibility index (Phi) is 6.51. The average Bonchev–Trinajstić information content (AvgIpc) is 2.62. The van der Waals surface area contributed by atoms with Gasteiger partial charge in [0, 0.05) is 11.8 Å². The summed E-state index contributed by atoms with van der Waals surface area (Å²) in [6, 6.07) is 13.3. The lowest BCUT2D eigenvalue weighted by Crippen LogP contribution is -2.25. The molecule has 0 heterocycles. The van der Waals surface area contributed by atoms with E-state index in [9.17, 15) is 0 Å². The summed E-state index contributed by atoms with van der Waals surface area (Å²) in [5, 5.41) is 3.04. The molecule has 0 fully saturated rings. The predicted molar refractivity (Wildman–Crippen MR) is 101 cm³/mol. The molecule has 25 heavy (non-hydrogen) atoms. The summed E-state index contributed by atoms with van der Waals surface area (Å²) in [7, 11) is 3.18. The Bertz CT molecular complexity index is 732. The Morgan fingerprint density at radius 1 is 1.08 bits per heavy atom. The van der Waals surface area contributed by atoms with Gasteiger partial charge in [0.15, 0.2) is 17.5 Å². The zero-order chi connectivity index (χ0) is 18.2. The van der Waals surface area contributed by atoms with Gasteiger partial charge in [-0.25, -0.2) is 4.99 Å². The molecule has 2 aromatic carbocycles. The second kappa shape index (κ2) is 8.82. The average molecular weight is 343 g/mol. The number of anilines is 1. The molecule has 0 bridgehead atoms. The van der Waals surface area contributed by atoms with E-state index in [0.717, 1.165) is 17.0 Å². The number of nitrogens with two attached hydrogens (primary N) is 1. The summed E-state index contributed by atoms with van der Waals surface area (Å²) < 4.78 is 16.4. The minimum absolute atomic E-state index is 0.0909. The van der Waals surface area contributed by atoms with Gasteiger partial charge in [-0.1, -0.05) is 18.2 Å². The van der Waals surface area contributed by atoms with Crippen LogP contribution < -0.4 is 25.3 Å². The van der Waals surface area contributed by atoms with Crippen molar-refractivity contribution in [3.05, 3.63) is 48.0 Å². The van der Waals surface area contributed by atoms with E-state index in [1.807, 2.05) is 44.2 Å². The summed E-state index contributed by atoms with van der Waals surface area (Å²) >= 11 is 0. The molecule has 3 N–H and O–H groups in total.